The quantitative estimate of drug-likeness (QED) is 0.392. The van der Waals surface area contributed by atoms with E-state index in [0.29, 0.717) is 26.3 Å². The van der Waals surface area contributed by atoms with Gasteiger partial charge in [-0.2, -0.15) is 4.31 Å². The van der Waals surface area contributed by atoms with Crippen LogP contribution in [0.4, 0.5) is 5.69 Å². The highest BCUT2D eigenvalue weighted by Gasteiger charge is 2.27. The molecular weight excluding hydrogens is 526 g/mol. The Balaban J connectivity index is 0.000000568. The van der Waals surface area contributed by atoms with Gasteiger partial charge in [0.15, 0.2) is 0 Å². The molecular formula is C24H28ClN3O8S. The van der Waals surface area contributed by atoms with E-state index in [2.05, 4.69) is 22.8 Å². The van der Waals surface area contributed by atoms with Crippen molar-refractivity contribution in [3.63, 3.8) is 0 Å². The van der Waals surface area contributed by atoms with Crippen LogP contribution in [0.2, 0.25) is 5.02 Å². The number of aryl methyl sites for hydroxylation is 1. The molecule has 0 saturated carbocycles. The first kappa shape index (κ1) is 28.5. The molecule has 0 spiro atoms. The first-order valence-electron chi connectivity index (χ1n) is 11.5. The lowest BCUT2D eigenvalue weighted by atomic mass is 9.88. The van der Waals surface area contributed by atoms with Gasteiger partial charge in [0, 0.05) is 19.1 Å². The summed E-state index contributed by atoms with van der Waals surface area (Å²) in [5.74, 6) is -3.92. The van der Waals surface area contributed by atoms with Crippen LogP contribution in [0.1, 0.15) is 30.0 Å². The molecule has 2 aromatic rings. The van der Waals surface area contributed by atoms with Crippen LogP contribution in [-0.4, -0.2) is 73.6 Å². The van der Waals surface area contributed by atoms with Crippen molar-refractivity contribution in [1.29, 1.82) is 0 Å². The van der Waals surface area contributed by atoms with Crippen molar-refractivity contribution in [3.8, 4) is 0 Å². The maximum absolute atomic E-state index is 12.9. The number of aliphatic carboxylic acids is 2. The molecule has 1 heterocycles. The fourth-order valence-electron chi connectivity index (χ4n) is 4.07. The lowest BCUT2D eigenvalue weighted by molar-refractivity contribution is -0.159. The number of benzene rings is 2. The lowest BCUT2D eigenvalue weighted by Crippen LogP contribution is -2.40. The number of anilines is 1. The molecule has 1 saturated heterocycles. The second-order valence-electron chi connectivity index (χ2n) is 8.34. The number of fused-ring (bicyclic) bond motifs is 1. The van der Waals surface area contributed by atoms with Crippen LogP contribution in [0.5, 0.6) is 0 Å². The van der Waals surface area contributed by atoms with E-state index >= 15 is 0 Å². The number of amides is 1. The summed E-state index contributed by atoms with van der Waals surface area (Å²) in [5, 5.41) is 21.1. The SMILES string of the molecule is O=C(CNC1CCCc2ccccc21)Nc1cc(S(=O)(=O)N2CCOCC2)ccc1Cl.O=C(O)C(=O)O. The third kappa shape index (κ3) is 7.73. The van der Waals surface area contributed by atoms with Gasteiger partial charge in [-0.15, -0.1) is 0 Å². The molecule has 11 nitrogen and oxygen atoms in total. The maximum atomic E-state index is 12.9. The number of nitrogens with one attached hydrogen (secondary N) is 2. The van der Waals surface area contributed by atoms with Gasteiger partial charge in [-0.1, -0.05) is 35.9 Å². The summed E-state index contributed by atoms with van der Waals surface area (Å²) in [6, 6.07) is 12.8. The van der Waals surface area contributed by atoms with Crippen molar-refractivity contribution in [2.75, 3.05) is 38.2 Å². The van der Waals surface area contributed by atoms with Gasteiger partial charge >= 0.3 is 11.9 Å². The third-order valence-corrected chi connectivity index (χ3v) is 8.11. The number of carboxylic acid groups (broad SMARTS) is 2. The molecule has 2 aliphatic rings. The highest BCUT2D eigenvalue weighted by atomic mass is 35.5. The van der Waals surface area contributed by atoms with E-state index in [4.69, 9.17) is 36.1 Å². The van der Waals surface area contributed by atoms with Gasteiger partial charge in [0.2, 0.25) is 15.9 Å². The largest absolute Gasteiger partial charge is 0.473 e. The molecule has 4 rings (SSSR count). The minimum atomic E-state index is -3.67. The van der Waals surface area contributed by atoms with Crippen LogP contribution in [0, 0.1) is 0 Å². The standard InChI is InChI=1S/C22H26ClN3O4S.C2H2O4/c23-19-9-8-17(31(28,29)26-10-12-30-13-11-26)14-21(19)25-22(27)15-24-20-7-3-5-16-4-1-2-6-18(16)20;3-1(4)2(5)6/h1-2,4,6,8-9,14,20,24H,3,5,7,10-13,15H2,(H,25,27);(H,3,4)(H,5,6). The molecule has 1 fully saturated rings. The molecule has 13 heteroatoms. The summed E-state index contributed by atoms with van der Waals surface area (Å²) in [5.41, 5.74) is 2.83. The second-order valence-corrected chi connectivity index (χ2v) is 10.7. The fraction of sp³-hybridized carbons (Fsp3) is 0.375. The Kier molecular flexibility index (Phi) is 10.0. The van der Waals surface area contributed by atoms with Crippen molar-refractivity contribution >= 4 is 45.2 Å². The zero-order valence-electron chi connectivity index (χ0n) is 19.9. The summed E-state index contributed by atoms with van der Waals surface area (Å²) < 4.78 is 32.4. The van der Waals surface area contributed by atoms with Gasteiger partial charge in [0.25, 0.3) is 0 Å². The summed E-state index contributed by atoms with van der Waals surface area (Å²) in [6.45, 7) is 1.45. The monoisotopic (exact) mass is 553 g/mol. The van der Waals surface area contributed by atoms with Crippen molar-refractivity contribution < 1.29 is 37.8 Å². The molecule has 1 aliphatic carbocycles. The number of carboxylic acids is 2. The van der Waals surface area contributed by atoms with Crippen molar-refractivity contribution in [3.05, 3.63) is 58.6 Å². The van der Waals surface area contributed by atoms with E-state index in [1.807, 2.05) is 12.1 Å². The van der Waals surface area contributed by atoms with Crippen molar-refractivity contribution in [1.82, 2.24) is 9.62 Å². The van der Waals surface area contributed by atoms with Gasteiger partial charge in [0.1, 0.15) is 0 Å². The third-order valence-electron chi connectivity index (χ3n) is 5.88. The molecule has 37 heavy (non-hydrogen) atoms. The number of hydrogen-bond acceptors (Lipinski definition) is 7. The van der Waals surface area contributed by atoms with Crippen LogP contribution >= 0.6 is 11.6 Å². The van der Waals surface area contributed by atoms with Crippen LogP contribution in [0.3, 0.4) is 0 Å². The van der Waals surface area contributed by atoms with Gasteiger partial charge < -0.3 is 25.6 Å². The number of sulfonamides is 1. The Morgan fingerprint density at radius 3 is 2.41 bits per heavy atom. The Bertz CT molecular complexity index is 1240. The highest BCUT2D eigenvalue weighted by Crippen LogP contribution is 2.30. The fourth-order valence-corrected chi connectivity index (χ4v) is 5.67. The van der Waals surface area contributed by atoms with E-state index in [9.17, 15) is 13.2 Å². The molecule has 200 valence electrons. The zero-order valence-corrected chi connectivity index (χ0v) is 21.4. The van der Waals surface area contributed by atoms with E-state index in [1.54, 1.807) is 0 Å². The smallest absolute Gasteiger partial charge is 0.414 e. The average molecular weight is 554 g/mol. The number of ether oxygens (including phenoxy) is 1. The molecule has 1 unspecified atom stereocenters. The Morgan fingerprint density at radius 2 is 1.73 bits per heavy atom. The molecule has 2 aromatic carbocycles. The number of hydrogen-bond donors (Lipinski definition) is 4. The summed E-state index contributed by atoms with van der Waals surface area (Å²) in [4.78, 5) is 30.9. The highest BCUT2D eigenvalue weighted by molar-refractivity contribution is 7.89. The topological polar surface area (TPSA) is 162 Å². The number of rotatable bonds is 6. The first-order chi connectivity index (χ1) is 17.6. The van der Waals surface area contributed by atoms with Crippen molar-refractivity contribution in [2.24, 2.45) is 0 Å². The van der Waals surface area contributed by atoms with Crippen LogP contribution in [-0.2, 0) is 35.6 Å². The molecule has 4 N–H and O–H groups in total. The predicted molar refractivity (Wildman–Crippen MR) is 135 cm³/mol. The normalized spacial score (nSPS) is 17.6. The number of carbonyl (C=O) groups is 3. The Labute approximate surface area is 219 Å². The number of carbonyl (C=O) groups excluding carboxylic acids is 1. The molecule has 1 amide bonds. The first-order valence-corrected chi connectivity index (χ1v) is 13.4. The van der Waals surface area contributed by atoms with Crippen LogP contribution in [0.15, 0.2) is 47.4 Å². The summed E-state index contributed by atoms with van der Waals surface area (Å²) in [7, 11) is -3.67. The van der Waals surface area contributed by atoms with Gasteiger partial charge in [-0.05, 0) is 48.6 Å². The number of nitrogens with zero attached hydrogens (tertiary/aromatic N) is 1. The molecule has 0 bridgehead atoms. The molecule has 1 atom stereocenters. The Hall–Kier alpha value is -3.03. The summed E-state index contributed by atoms with van der Waals surface area (Å²) in [6.07, 6.45) is 3.10. The van der Waals surface area contributed by atoms with E-state index in [1.165, 1.54) is 33.6 Å². The number of halogens is 1. The minimum Gasteiger partial charge on any atom is -0.473 e. The van der Waals surface area contributed by atoms with Crippen molar-refractivity contribution in [2.45, 2.75) is 30.2 Å². The molecule has 0 aromatic heterocycles. The Morgan fingerprint density at radius 1 is 1.05 bits per heavy atom. The van der Waals surface area contributed by atoms with E-state index in [0.717, 1.165) is 19.3 Å². The van der Waals surface area contributed by atoms with Crippen LogP contribution in [0.25, 0.3) is 0 Å². The zero-order chi connectivity index (χ0) is 27.0. The summed E-state index contributed by atoms with van der Waals surface area (Å²) >= 11 is 6.23. The van der Waals surface area contributed by atoms with Gasteiger partial charge in [-0.3, -0.25) is 4.79 Å². The maximum Gasteiger partial charge on any atom is 0.414 e. The number of morpholine rings is 1. The van der Waals surface area contributed by atoms with E-state index < -0.39 is 22.0 Å². The minimum absolute atomic E-state index is 0.100. The van der Waals surface area contributed by atoms with Crippen LogP contribution < -0.4 is 10.6 Å². The second kappa shape index (κ2) is 13.0. The predicted octanol–water partition coefficient (Wildman–Crippen LogP) is 2.12. The van der Waals surface area contributed by atoms with Gasteiger partial charge in [-0.25, -0.2) is 18.0 Å². The lowest BCUT2D eigenvalue weighted by Gasteiger charge is -2.26. The van der Waals surface area contributed by atoms with Gasteiger partial charge in [0.05, 0.1) is 35.4 Å². The average Bonchev–Trinajstić information content (AvgIpc) is 2.89. The molecule has 0 radical (unpaired) electrons. The molecule has 1 aliphatic heterocycles. The van der Waals surface area contributed by atoms with E-state index in [-0.39, 0.29) is 34.1 Å².